The second-order valence-corrected chi connectivity index (χ2v) is 12.2. The fourth-order valence-corrected chi connectivity index (χ4v) is 2.91. The lowest BCUT2D eigenvalue weighted by atomic mass is 10.2. The van der Waals surface area contributed by atoms with Crippen LogP contribution in [-0.2, 0) is 15.8 Å². The van der Waals surface area contributed by atoms with Crippen LogP contribution in [0.3, 0.4) is 0 Å². The standard InChI is InChI=1S/C17H27F2N3O2Si/c1-17(2,3)25(4,5)24-12-14(21-22-20)15(16(18)19)23-11-13-9-7-6-8-10-13/h6-10,14-16H,11-12H2,1-5H3/t14-,15+/m1/s1. The highest BCUT2D eigenvalue weighted by atomic mass is 28.4. The zero-order chi connectivity index (χ0) is 19.1. The van der Waals surface area contributed by atoms with Crippen LogP contribution in [0.5, 0.6) is 0 Å². The van der Waals surface area contributed by atoms with E-state index in [0.717, 1.165) is 5.56 Å². The maximum absolute atomic E-state index is 13.5. The van der Waals surface area contributed by atoms with Gasteiger partial charge in [-0.3, -0.25) is 0 Å². The van der Waals surface area contributed by atoms with Crippen LogP contribution in [0.1, 0.15) is 26.3 Å². The SMILES string of the molecule is CC(C)(C)[Si](C)(C)OC[C@@H](N=[N+]=[N-])[C@H](OCc1ccccc1)C(F)F. The molecule has 0 spiro atoms. The second kappa shape index (κ2) is 9.29. The third kappa shape index (κ3) is 6.74. The summed E-state index contributed by atoms with van der Waals surface area (Å²) in [5.74, 6) is 0. The van der Waals surface area contributed by atoms with Crippen molar-refractivity contribution in [2.45, 2.75) is 64.1 Å². The molecule has 0 aromatic heterocycles. The van der Waals surface area contributed by atoms with E-state index in [4.69, 9.17) is 14.7 Å². The Labute approximate surface area is 149 Å². The summed E-state index contributed by atoms with van der Waals surface area (Å²) in [5, 5.41) is 3.45. The van der Waals surface area contributed by atoms with E-state index in [1.807, 2.05) is 31.3 Å². The van der Waals surface area contributed by atoms with Crippen LogP contribution in [-0.4, -0.2) is 33.5 Å². The lowest BCUT2D eigenvalue weighted by molar-refractivity contribution is -0.0810. The van der Waals surface area contributed by atoms with Crippen LogP contribution >= 0.6 is 0 Å². The van der Waals surface area contributed by atoms with Gasteiger partial charge in [-0.1, -0.05) is 56.2 Å². The molecule has 0 bridgehead atoms. The molecule has 0 fully saturated rings. The van der Waals surface area contributed by atoms with E-state index in [-0.39, 0.29) is 18.3 Å². The van der Waals surface area contributed by atoms with Gasteiger partial charge in [0.05, 0.1) is 12.6 Å². The molecule has 5 nitrogen and oxygen atoms in total. The first-order valence-electron chi connectivity index (χ1n) is 8.20. The van der Waals surface area contributed by atoms with Gasteiger partial charge in [0.1, 0.15) is 6.10 Å². The molecule has 0 heterocycles. The first kappa shape index (κ1) is 21.6. The quantitative estimate of drug-likeness (QED) is 0.248. The summed E-state index contributed by atoms with van der Waals surface area (Å²) in [6.45, 7) is 10.1. The molecule has 0 N–H and O–H groups in total. The van der Waals surface area contributed by atoms with Gasteiger partial charge in [0.25, 0.3) is 6.43 Å². The number of hydrogen-bond acceptors (Lipinski definition) is 3. The fraction of sp³-hybridized carbons (Fsp3) is 0.647. The molecule has 0 aliphatic heterocycles. The van der Waals surface area contributed by atoms with Gasteiger partial charge in [-0.15, -0.1) is 0 Å². The Morgan fingerprint density at radius 2 is 1.80 bits per heavy atom. The molecule has 0 aliphatic carbocycles. The number of halogens is 2. The predicted molar refractivity (Wildman–Crippen MR) is 97.1 cm³/mol. The van der Waals surface area contributed by atoms with Crippen LogP contribution in [0.25, 0.3) is 10.4 Å². The molecule has 0 radical (unpaired) electrons. The second-order valence-electron chi connectivity index (χ2n) is 7.44. The Morgan fingerprint density at radius 3 is 2.28 bits per heavy atom. The van der Waals surface area contributed by atoms with E-state index in [0.29, 0.717) is 0 Å². The first-order valence-corrected chi connectivity index (χ1v) is 11.1. The largest absolute Gasteiger partial charge is 0.416 e. The monoisotopic (exact) mass is 371 g/mol. The van der Waals surface area contributed by atoms with Crippen LogP contribution in [0.2, 0.25) is 18.1 Å². The van der Waals surface area contributed by atoms with Crippen molar-refractivity contribution in [3.05, 3.63) is 46.3 Å². The highest BCUT2D eigenvalue weighted by molar-refractivity contribution is 6.74. The lowest BCUT2D eigenvalue weighted by Gasteiger charge is -2.37. The van der Waals surface area contributed by atoms with Crippen LogP contribution in [0.15, 0.2) is 35.4 Å². The molecule has 1 rings (SSSR count). The Morgan fingerprint density at radius 1 is 1.20 bits per heavy atom. The summed E-state index contributed by atoms with van der Waals surface area (Å²) >= 11 is 0. The molecule has 1 aromatic carbocycles. The number of azide groups is 1. The van der Waals surface area contributed by atoms with E-state index in [2.05, 4.69) is 30.8 Å². The maximum Gasteiger partial charge on any atom is 0.264 e. The third-order valence-electron chi connectivity index (χ3n) is 4.53. The highest BCUT2D eigenvalue weighted by Crippen LogP contribution is 2.36. The number of rotatable bonds is 9. The Hall–Kier alpha value is -1.47. The summed E-state index contributed by atoms with van der Waals surface area (Å²) in [6.07, 6.45) is -4.29. The van der Waals surface area contributed by atoms with Crippen molar-refractivity contribution >= 4 is 8.32 Å². The number of benzene rings is 1. The molecular weight excluding hydrogens is 344 g/mol. The van der Waals surface area contributed by atoms with Gasteiger partial charge in [0, 0.05) is 11.5 Å². The van der Waals surface area contributed by atoms with Gasteiger partial charge < -0.3 is 9.16 Å². The molecule has 8 heteroatoms. The van der Waals surface area contributed by atoms with E-state index in [1.165, 1.54) is 0 Å². The molecule has 0 amide bonds. The van der Waals surface area contributed by atoms with Gasteiger partial charge in [-0.2, -0.15) is 0 Å². The van der Waals surface area contributed by atoms with Crippen LogP contribution in [0, 0.1) is 0 Å². The zero-order valence-corrected chi connectivity index (χ0v) is 16.4. The predicted octanol–water partition coefficient (Wildman–Crippen LogP) is 5.54. The topological polar surface area (TPSA) is 67.2 Å². The molecule has 2 atom stereocenters. The number of nitrogens with zero attached hydrogens (tertiary/aromatic N) is 3. The van der Waals surface area contributed by atoms with E-state index in [9.17, 15) is 8.78 Å². The Kier molecular flexibility index (Phi) is 8.01. The minimum Gasteiger partial charge on any atom is -0.416 e. The van der Waals surface area contributed by atoms with Crippen molar-refractivity contribution in [3.8, 4) is 0 Å². The number of hydrogen-bond donors (Lipinski definition) is 0. The van der Waals surface area contributed by atoms with Crippen molar-refractivity contribution in [2.24, 2.45) is 5.11 Å². The van der Waals surface area contributed by atoms with Crippen LogP contribution in [0.4, 0.5) is 8.78 Å². The maximum atomic E-state index is 13.5. The molecule has 25 heavy (non-hydrogen) atoms. The molecule has 0 saturated carbocycles. The van der Waals surface area contributed by atoms with Gasteiger partial charge in [-0.05, 0) is 29.2 Å². The fourth-order valence-electron chi connectivity index (χ4n) is 1.89. The summed E-state index contributed by atoms with van der Waals surface area (Å²) in [4.78, 5) is 2.70. The molecule has 0 aliphatic rings. The number of ether oxygens (including phenoxy) is 1. The summed E-state index contributed by atoms with van der Waals surface area (Å²) in [7, 11) is -2.15. The smallest absolute Gasteiger partial charge is 0.264 e. The van der Waals surface area contributed by atoms with Crippen molar-refractivity contribution in [1.29, 1.82) is 0 Å². The van der Waals surface area contributed by atoms with Gasteiger partial charge in [0.2, 0.25) is 0 Å². The molecule has 140 valence electrons. The third-order valence-corrected chi connectivity index (χ3v) is 9.03. The van der Waals surface area contributed by atoms with E-state index < -0.39 is 26.9 Å². The van der Waals surface area contributed by atoms with Crippen molar-refractivity contribution in [1.82, 2.24) is 0 Å². The Balaban J connectivity index is 2.82. The average molecular weight is 372 g/mol. The van der Waals surface area contributed by atoms with Gasteiger partial charge in [-0.25, -0.2) is 8.78 Å². The van der Waals surface area contributed by atoms with Gasteiger partial charge in [0.15, 0.2) is 8.32 Å². The molecule has 1 aromatic rings. The average Bonchev–Trinajstić information content (AvgIpc) is 2.52. The van der Waals surface area contributed by atoms with E-state index >= 15 is 0 Å². The minimum atomic E-state index is -2.78. The molecule has 0 saturated heterocycles. The van der Waals surface area contributed by atoms with Crippen LogP contribution < -0.4 is 0 Å². The normalized spacial score (nSPS) is 14.9. The molecule has 0 unspecified atom stereocenters. The Bertz CT molecular complexity index is 573. The van der Waals surface area contributed by atoms with Crippen molar-refractivity contribution < 1.29 is 17.9 Å². The lowest BCUT2D eigenvalue weighted by Crippen LogP contribution is -2.45. The summed E-state index contributed by atoms with van der Waals surface area (Å²) in [6, 6.07) is 7.95. The zero-order valence-electron chi connectivity index (χ0n) is 15.4. The first-order chi connectivity index (χ1) is 11.6. The van der Waals surface area contributed by atoms with E-state index in [1.54, 1.807) is 12.1 Å². The van der Waals surface area contributed by atoms with Gasteiger partial charge >= 0.3 is 0 Å². The highest BCUT2D eigenvalue weighted by Gasteiger charge is 2.39. The summed E-state index contributed by atoms with van der Waals surface area (Å²) in [5.41, 5.74) is 9.53. The van der Waals surface area contributed by atoms with Crippen molar-refractivity contribution in [2.75, 3.05) is 6.61 Å². The molecular formula is C17H27F2N3O2Si. The number of alkyl halides is 2. The minimum absolute atomic E-state index is 0.0212. The summed E-state index contributed by atoms with van der Waals surface area (Å²) < 4.78 is 38.3. The van der Waals surface area contributed by atoms with Crippen molar-refractivity contribution in [3.63, 3.8) is 0 Å².